The van der Waals surface area contributed by atoms with Crippen LogP contribution in [-0.4, -0.2) is 25.9 Å². The third-order valence-electron chi connectivity index (χ3n) is 4.30. The SMILES string of the molecule is O=C(NCc1ccccc1F)c1nnn(-c2ccccc2Cl)c1-c1cccnc1. The van der Waals surface area contributed by atoms with Gasteiger partial charge in [0.25, 0.3) is 5.91 Å². The van der Waals surface area contributed by atoms with Gasteiger partial charge in [0.15, 0.2) is 5.69 Å². The topological polar surface area (TPSA) is 72.7 Å². The first-order chi connectivity index (χ1) is 14.1. The van der Waals surface area contributed by atoms with Crippen LogP contribution in [0, 0.1) is 5.82 Å². The second kappa shape index (κ2) is 8.20. The highest BCUT2D eigenvalue weighted by atomic mass is 35.5. The van der Waals surface area contributed by atoms with E-state index in [1.807, 2.05) is 6.07 Å². The Bertz CT molecular complexity index is 1160. The molecule has 2 heterocycles. The number of hydrogen-bond donors (Lipinski definition) is 1. The smallest absolute Gasteiger partial charge is 0.274 e. The maximum absolute atomic E-state index is 13.9. The largest absolute Gasteiger partial charge is 0.346 e. The summed E-state index contributed by atoms with van der Waals surface area (Å²) in [7, 11) is 0. The van der Waals surface area contributed by atoms with Crippen molar-refractivity contribution in [1.29, 1.82) is 0 Å². The van der Waals surface area contributed by atoms with Gasteiger partial charge in [0, 0.05) is 30.1 Å². The molecule has 0 aliphatic rings. The molecule has 4 aromatic rings. The summed E-state index contributed by atoms with van der Waals surface area (Å²) in [5.74, 6) is -0.870. The molecule has 0 aliphatic carbocycles. The molecule has 4 rings (SSSR count). The van der Waals surface area contributed by atoms with Gasteiger partial charge >= 0.3 is 0 Å². The summed E-state index contributed by atoms with van der Waals surface area (Å²) in [6, 6.07) is 16.9. The van der Waals surface area contributed by atoms with E-state index in [1.54, 1.807) is 60.9 Å². The zero-order valence-corrected chi connectivity index (χ0v) is 15.8. The van der Waals surface area contributed by atoms with Crippen LogP contribution in [0.5, 0.6) is 0 Å². The van der Waals surface area contributed by atoms with Crippen LogP contribution >= 0.6 is 11.6 Å². The van der Waals surface area contributed by atoms with Crippen molar-refractivity contribution in [3.63, 3.8) is 0 Å². The lowest BCUT2D eigenvalue weighted by atomic mass is 10.1. The van der Waals surface area contributed by atoms with E-state index in [9.17, 15) is 9.18 Å². The number of aromatic nitrogens is 4. The summed E-state index contributed by atoms with van der Waals surface area (Å²) in [6.07, 6.45) is 3.24. The third kappa shape index (κ3) is 3.86. The Kier molecular flexibility index (Phi) is 5.31. The van der Waals surface area contributed by atoms with Crippen LogP contribution in [0.25, 0.3) is 16.9 Å². The van der Waals surface area contributed by atoms with E-state index in [4.69, 9.17) is 11.6 Å². The molecule has 0 saturated heterocycles. The van der Waals surface area contributed by atoms with Crippen LogP contribution in [0.2, 0.25) is 5.02 Å². The summed E-state index contributed by atoms with van der Waals surface area (Å²) in [6.45, 7) is 0.0247. The second-order valence-corrected chi connectivity index (χ2v) is 6.57. The number of carbonyl (C=O) groups is 1. The highest BCUT2D eigenvalue weighted by molar-refractivity contribution is 6.32. The van der Waals surface area contributed by atoms with Gasteiger partial charge in [0.1, 0.15) is 11.5 Å². The van der Waals surface area contributed by atoms with Crippen molar-refractivity contribution in [3.05, 3.63) is 95.2 Å². The number of hydrogen-bond acceptors (Lipinski definition) is 4. The van der Waals surface area contributed by atoms with Gasteiger partial charge in [-0.1, -0.05) is 47.1 Å². The maximum atomic E-state index is 13.9. The van der Waals surface area contributed by atoms with Crippen LogP contribution < -0.4 is 5.32 Å². The molecule has 0 aliphatic heterocycles. The molecule has 0 atom stereocenters. The first-order valence-electron chi connectivity index (χ1n) is 8.78. The van der Waals surface area contributed by atoms with Crippen molar-refractivity contribution in [2.24, 2.45) is 0 Å². The van der Waals surface area contributed by atoms with Gasteiger partial charge in [-0.05, 0) is 30.3 Å². The minimum Gasteiger partial charge on any atom is -0.346 e. The van der Waals surface area contributed by atoms with Crippen LogP contribution in [0.15, 0.2) is 73.1 Å². The lowest BCUT2D eigenvalue weighted by molar-refractivity contribution is 0.0946. The zero-order chi connectivity index (χ0) is 20.2. The van der Waals surface area contributed by atoms with Gasteiger partial charge in [-0.2, -0.15) is 0 Å². The van der Waals surface area contributed by atoms with Crippen molar-refractivity contribution in [2.45, 2.75) is 6.54 Å². The lowest BCUT2D eigenvalue weighted by Crippen LogP contribution is -2.24. The molecular weight excluding hydrogens is 393 g/mol. The van der Waals surface area contributed by atoms with Gasteiger partial charge in [0.2, 0.25) is 0 Å². The average molecular weight is 408 g/mol. The highest BCUT2D eigenvalue weighted by Gasteiger charge is 2.23. The minimum absolute atomic E-state index is 0.0247. The predicted octanol–water partition coefficient (Wildman–Crippen LogP) is 4.05. The monoisotopic (exact) mass is 407 g/mol. The van der Waals surface area contributed by atoms with E-state index in [1.165, 1.54) is 10.7 Å². The summed E-state index contributed by atoms with van der Waals surface area (Å²) in [5, 5.41) is 11.4. The summed E-state index contributed by atoms with van der Waals surface area (Å²) in [5.41, 5.74) is 2.14. The van der Waals surface area contributed by atoms with Crippen molar-refractivity contribution in [3.8, 4) is 16.9 Å². The second-order valence-electron chi connectivity index (χ2n) is 6.17. The molecular formula is C21H15ClFN5O. The van der Waals surface area contributed by atoms with E-state index in [2.05, 4.69) is 20.6 Å². The molecule has 29 heavy (non-hydrogen) atoms. The first kappa shape index (κ1) is 18.8. The van der Waals surface area contributed by atoms with Crippen LogP contribution in [-0.2, 0) is 6.54 Å². The third-order valence-corrected chi connectivity index (χ3v) is 4.62. The fourth-order valence-electron chi connectivity index (χ4n) is 2.89. The fraction of sp³-hybridized carbons (Fsp3) is 0.0476. The number of amides is 1. The number of rotatable bonds is 5. The molecule has 0 unspecified atom stereocenters. The quantitative estimate of drug-likeness (QED) is 0.541. The standard InChI is InChI=1S/C21H15ClFN5O/c22-16-8-2-4-10-18(16)28-20(15-7-5-11-24-12-15)19(26-27-28)21(29)25-13-14-6-1-3-9-17(14)23/h1-12H,13H2,(H,25,29). The summed E-state index contributed by atoms with van der Waals surface area (Å²) >= 11 is 6.32. The molecule has 0 bridgehead atoms. The minimum atomic E-state index is -0.481. The van der Waals surface area contributed by atoms with Gasteiger partial charge in [-0.25, -0.2) is 9.07 Å². The van der Waals surface area contributed by atoms with E-state index in [0.29, 0.717) is 27.5 Å². The normalized spacial score (nSPS) is 10.7. The van der Waals surface area contributed by atoms with Gasteiger partial charge in [0.05, 0.1) is 10.7 Å². The van der Waals surface area contributed by atoms with Gasteiger partial charge < -0.3 is 5.32 Å². The number of halogens is 2. The average Bonchev–Trinajstić information content (AvgIpc) is 3.19. The van der Waals surface area contributed by atoms with E-state index < -0.39 is 5.91 Å². The molecule has 144 valence electrons. The number of para-hydroxylation sites is 1. The number of benzene rings is 2. The fourth-order valence-corrected chi connectivity index (χ4v) is 3.11. The summed E-state index contributed by atoms with van der Waals surface area (Å²) in [4.78, 5) is 17.0. The molecule has 6 nitrogen and oxygen atoms in total. The summed E-state index contributed by atoms with van der Waals surface area (Å²) < 4.78 is 15.3. The number of pyridine rings is 1. The van der Waals surface area contributed by atoms with Gasteiger partial charge in [-0.3, -0.25) is 9.78 Å². The van der Waals surface area contributed by atoms with Gasteiger partial charge in [-0.15, -0.1) is 5.10 Å². The van der Waals surface area contributed by atoms with Crippen molar-refractivity contribution in [1.82, 2.24) is 25.3 Å². The molecule has 2 aromatic heterocycles. The number of nitrogens with one attached hydrogen (secondary N) is 1. The van der Waals surface area contributed by atoms with Crippen molar-refractivity contribution < 1.29 is 9.18 Å². The van der Waals surface area contributed by atoms with Crippen LogP contribution in [0.4, 0.5) is 4.39 Å². The Balaban J connectivity index is 1.73. The Morgan fingerprint density at radius 1 is 1.07 bits per heavy atom. The molecule has 0 spiro atoms. The number of nitrogens with zero attached hydrogens (tertiary/aromatic N) is 4. The molecule has 1 N–H and O–H groups in total. The Morgan fingerprint density at radius 3 is 2.62 bits per heavy atom. The zero-order valence-electron chi connectivity index (χ0n) is 15.1. The molecule has 0 saturated carbocycles. The van der Waals surface area contributed by atoms with E-state index >= 15 is 0 Å². The lowest BCUT2D eigenvalue weighted by Gasteiger charge is -2.10. The predicted molar refractivity (Wildman–Crippen MR) is 107 cm³/mol. The van der Waals surface area contributed by atoms with E-state index in [-0.39, 0.29) is 18.1 Å². The molecule has 0 radical (unpaired) electrons. The maximum Gasteiger partial charge on any atom is 0.274 e. The first-order valence-corrected chi connectivity index (χ1v) is 9.15. The van der Waals surface area contributed by atoms with Crippen molar-refractivity contribution in [2.75, 3.05) is 0 Å². The highest BCUT2D eigenvalue weighted by Crippen LogP contribution is 2.28. The molecule has 0 fully saturated rings. The Hall–Kier alpha value is -3.58. The van der Waals surface area contributed by atoms with Crippen LogP contribution in [0.1, 0.15) is 16.1 Å². The number of carbonyl (C=O) groups excluding carboxylic acids is 1. The van der Waals surface area contributed by atoms with Crippen molar-refractivity contribution >= 4 is 17.5 Å². The molecule has 8 heteroatoms. The molecule has 2 aromatic carbocycles. The Morgan fingerprint density at radius 2 is 1.86 bits per heavy atom. The Labute approximate surface area is 171 Å². The molecule has 1 amide bonds. The van der Waals surface area contributed by atoms with E-state index in [0.717, 1.165) is 0 Å². The van der Waals surface area contributed by atoms with Crippen LogP contribution in [0.3, 0.4) is 0 Å².